The zero-order valence-electron chi connectivity index (χ0n) is 11.7. The van der Waals surface area contributed by atoms with Crippen molar-refractivity contribution in [1.29, 1.82) is 5.26 Å². The first kappa shape index (κ1) is 13.2. The zero-order chi connectivity index (χ0) is 14.7. The van der Waals surface area contributed by atoms with Crippen LogP contribution >= 0.6 is 0 Å². The van der Waals surface area contributed by atoms with Crippen molar-refractivity contribution in [2.24, 2.45) is 0 Å². The second-order valence-corrected chi connectivity index (χ2v) is 4.95. The summed E-state index contributed by atoms with van der Waals surface area (Å²) in [6.45, 7) is 0.770. The second-order valence-electron chi connectivity index (χ2n) is 4.95. The number of para-hydroxylation sites is 3. The van der Waals surface area contributed by atoms with Gasteiger partial charge in [-0.15, -0.1) is 0 Å². The smallest absolute Gasteiger partial charge is 0.124 e. The van der Waals surface area contributed by atoms with Crippen LogP contribution < -0.4 is 5.73 Å². The first-order valence-corrected chi connectivity index (χ1v) is 6.94. The van der Waals surface area contributed by atoms with E-state index >= 15 is 0 Å². The van der Waals surface area contributed by atoms with E-state index in [1.807, 2.05) is 48.5 Å². The maximum Gasteiger partial charge on any atom is 0.124 e. The highest BCUT2D eigenvalue weighted by Gasteiger charge is 2.10. The van der Waals surface area contributed by atoms with Gasteiger partial charge in [-0.1, -0.05) is 30.3 Å². The number of nitrogen functional groups attached to an aromatic ring is 1. The van der Waals surface area contributed by atoms with Crippen molar-refractivity contribution >= 4 is 16.7 Å². The molecular formula is C17H16N4. The van der Waals surface area contributed by atoms with E-state index in [2.05, 4.69) is 15.6 Å². The number of anilines is 1. The zero-order valence-corrected chi connectivity index (χ0v) is 11.7. The van der Waals surface area contributed by atoms with Gasteiger partial charge >= 0.3 is 0 Å². The SMILES string of the molecule is N#CCc1nc2ccccc2n1CCc1ccccc1N. The molecule has 0 unspecified atom stereocenters. The van der Waals surface area contributed by atoms with E-state index in [0.717, 1.165) is 41.1 Å². The highest BCUT2D eigenvalue weighted by Crippen LogP contribution is 2.18. The van der Waals surface area contributed by atoms with E-state index in [4.69, 9.17) is 11.0 Å². The first-order chi connectivity index (χ1) is 10.3. The van der Waals surface area contributed by atoms with Crippen molar-refractivity contribution in [2.45, 2.75) is 19.4 Å². The molecule has 0 saturated heterocycles. The number of benzene rings is 2. The molecular weight excluding hydrogens is 260 g/mol. The molecule has 0 aliphatic heterocycles. The summed E-state index contributed by atoms with van der Waals surface area (Å²) in [4.78, 5) is 4.55. The van der Waals surface area contributed by atoms with Crippen LogP contribution in [-0.2, 0) is 19.4 Å². The molecule has 2 N–H and O–H groups in total. The Bertz CT molecular complexity index is 811. The highest BCUT2D eigenvalue weighted by atomic mass is 15.1. The predicted octanol–water partition coefficient (Wildman–Crippen LogP) is 2.93. The summed E-state index contributed by atoms with van der Waals surface area (Å²) in [5, 5.41) is 8.98. The fraction of sp³-hybridized carbons (Fsp3) is 0.176. The molecule has 1 heterocycles. The molecule has 0 spiro atoms. The molecule has 0 radical (unpaired) electrons. The second kappa shape index (κ2) is 5.68. The standard InChI is InChI=1S/C17H16N4/c18-11-9-17-20-15-7-3-4-8-16(15)21(17)12-10-13-5-1-2-6-14(13)19/h1-8H,9-10,12,19H2. The number of aryl methyl sites for hydroxylation is 2. The predicted molar refractivity (Wildman–Crippen MR) is 83.6 cm³/mol. The molecule has 0 aliphatic carbocycles. The number of nitrogens with two attached hydrogens (primary N) is 1. The number of rotatable bonds is 4. The molecule has 4 heteroatoms. The number of nitriles is 1. The average molecular weight is 276 g/mol. The quantitative estimate of drug-likeness (QED) is 0.745. The number of aromatic nitrogens is 2. The molecule has 3 rings (SSSR count). The Hall–Kier alpha value is -2.80. The molecule has 0 fully saturated rings. The molecule has 0 saturated carbocycles. The summed E-state index contributed by atoms with van der Waals surface area (Å²) in [5.74, 6) is 0.813. The van der Waals surface area contributed by atoms with Gasteiger partial charge in [0.1, 0.15) is 5.82 Å². The normalized spacial score (nSPS) is 10.6. The lowest BCUT2D eigenvalue weighted by Crippen LogP contribution is -2.07. The molecule has 3 aromatic rings. The minimum atomic E-state index is 0.318. The summed E-state index contributed by atoms with van der Waals surface area (Å²) >= 11 is 0. The lowest BCUT2D eigenvalue weighted by Gasteiger charge is -2.09. The van der Waals surface area contributed by atoms with Gasteiger partial charge in [0.05, 0.1) is 23.5 Å². The van der Waals surface area contributed by atoms with Gasteiger partial charge in [-0.05, 0) is 30.2 Å². The van der Waals surface area contributed by atoms with Crippen molar-refractivity contribution in [3.8, 4) is 6.07 Å². The third-order valence-electron chi connectivity index (χ3n) is 3.63. The van der Waals surface area contributed by atoms with E-state index in [0.29, 0.717) is 6.42 Å². The summed E-state index contributed by atoms with van der Waals surface area (Å²) < 4.78 is 2.12. The average Bonchev–Trinajstić information content (AvgIpc) is 2.84. The molecule has 0 amide bonds. The van der Waals surface area contributed by atoms with Gasteiger partial charge in [-0.2, -0.15) is 5.26 Å². The monoisotopic (exact) mass is 276 g/mol. The lowest BCUT2D eigenvalue weighted by atomic mass is 10.1. The minimum absolute atomic E-state index is 0.318. The molecule has 0 aliphatic rings. The van der Waals surface area contributed by atoms with E-state index in [1.54, 1.807) is 0 Å². The third kappa shape index (κ3) is 2.59. The van der Waals surface area contributed by atoms with Crippen molar-refractivity contribution in [2.75, 3.05) is 5.73 Å². The van der Waals surface area contributed by atoms with E-state index < -0.39 is 0 Å². The number of fused-ring (bicyclic) bond motifs is 1. The van der Waals surface area contributed by atoms with Crippen molar-refractivity contribution in [3.63, 3.8) is 0 Å². The molecule has 0 atom stereocenters. The number of imidazole rings is 1. The largest absolute Gasteiger partial charge is 0.399 e. The number of hydrogen-bond donors (Lipinski definition) is 1. The molecule has 21 heavy (non-hydrogen) atoms. The van der Waals surface area contributed by atoms with Crippen LogP contribution in [0, 0.1) is 11.3 Å². The summed E-state index contributed by atoms with van der Waals surface area (Å²) in [5.41, 5.74) is 9.93. The summed E-state index contributed by atoms with van der Waals surface area (Å²) in [7, 11) is 0. The van der Waals surface area contributed by atoms with E-state index in [-0.39, 0.29) is 0 Å². The van der Waals surface area contributed by atoms with Crippen LogP contribution in [0.2, 0.25) is 0 Å². The summed E-state index contributed by atoms with van der Waals surface area (Å²) in [6.07, 6.45) is 1.14. The number of hydrogen-bond acceptors (Lipinski definition) is 3. The fourth-order valence-electron chi connectivity index (χ4n) is 2.57. The Kier molecular flexibility index (Phi) is 3.57. The highest BCUT2D eigenvalue weighted by molar-refractivity contribution is 5.76. The van der Waals surface area contributed by atoms with Gasteiger partial charge in [-0.25, -0.2) is 4.98 Å². The van der Waals surface area contributed by atoms with Crippen LogP contribution in [0.5, 0.6) is 0 Å². The molecule has 2 aromatic carbocycles. The Morgan fingerprint density at radius 1 is 1.10 bits per heavy atom. The van der Waals surface area contributed by atoms with Gasteiger partial charge in [0.15, 0.2) is 0 Å². The molecule has 1 aromatic heterocycles. The van der Waals surface area contributed by atoms with Crippen LogP contribution in [0.25, 0.3) is 11.0 Å². The third-order valence-corrected chi connectivity index (χ3v) is 3.63. The van der Waals surface area contributed by atoms with Crippen molar-refractivity contribution < 1.29 is 0 Å². The molecule has 4 nitrogen and oxygen atoms in total. The van der Waals surface area contributed by atoms with Gasteiger partial charge in [-0.3, -0.25) is 0 Å². The van der Waals surface area contributed by atoms with Gasteiger partial charge in [0.2, 0.25) is 0 Å². The molecule has 0 bridgehead atoms. The Labute approximate surface area is 123 Å². The van der Waals surface area contributed by atoms with Gasteiger partial charge in [0.25, 0.3) is 0 Å². The Morgan fingerprint density at radius 3 is 2.67 bits per heavy atom. The first-order valence-electron chi connectivity index (χ1n) is 6.94. The number of nitrogens with zero attached hydrogens (tertiary/aromatic N) is 3. The van der Waals surface area contributed by atoms with Crippen LogP contribution in [-0.4, -0.2) is 9.55 Å². The van der Waals surface area contributed by atoms with Crippen molar-refractivity contribution in [3.05, 3.63) is 59.9 Å². The van der Waals surface area contributed by atoms with E-state index in [1.165, 1.54) is 0 Å². The molecule has 104 valence electrons. The van der Waals surface area contributed by atoms with Crippen LogP contribution in [0.3, 0.4) is 0 Å². The summed E-state index contributed by atoms with van der Waals surface area (Å²) in [6, 6.07) is 18.0. The van der Waals surface area contributed by atoms with Gasteiger partial charge < -0.3 is 10.3 Å². The maximum absolute atomic E-state index is 8.98. The maximum atomic E-state index is 8.98. The lowest BCUT2D eigenvalue weighted by molar-refractivity contribution is 0.684. The van der Waals surface area contributed by atoms with Crippen LogP contribution in [0.1, 0.15) is 11.4 Å². The minimum Gasteiger partial charge on any atom is -0.399 e. The van der Waals surface area contributed by atoms with Crippen molar-refractivity contribution in [1.82, 2.24) is 9.55 Å². The van der Waals surface area contributed by atoms with Crippen LogP contribution in [0.4, 0.5) is 5.69 Å². The van der Waals surface area contributed by atoms with Gasteiger partial charge in [0, 0.05) is 12.2 Å². The topological polar surface area (TPSA) is 67.6 Å². The Balaban J connectivity index is 1.94. The van der Waals surface area contributed by atoms with Crippen LogP contribution in [0.15, 0.2) is 48.5 Å². The fourth-order valence-corrected chi connectivity index (χ4v) is 2.57. The van der Waals surface area contributed by atoms with E-state index in [9.17, 15) is 0 Å². The Morgan fingerprint density at radius 2 is 1.86 bits per heavy atom.